The first-order valence-electron chi connectivity index (χ1n) is 7.72. The molecule has 0 saturated carbocycles. The Hall–Kier alpha value is 0.0638. The number of hydrogen-bond donors (Lipinski definition) is 0. The van der Waals surface area contributed by atoms with E-state index in [0.29, 0.717) is 0 Å². The average molecular weight is 301 g/mol. The molecule has 19 heavy (non-hydrogen) atoms. The molecule has 0 bridgehead atoms. The Morgan fingerprint density at radius 2 is 1.47 bits per heavy atom. The molecule has 0 amide bonds. The predicted octanol–water partition coefficient (Wildman–Crippen LogP) is 4.86. The fourth-order valence-corrected chi connectivity index (χ4v) is 12.5. The zero-order chi connectivity index (χ0) is 15.3. The van der Waals surface area contributed by atoms with Gasteiger partial charge in [0, 0.05) is 12.3 Å². The van der Waals surface area contributed by atoms with E-state index in [0.717, 1.165) is 18.9 Å². The number of hydrogen-bond acceptors (Lipinski definition) is 2. The van der Waals surface area contributed by atoms with Gasteiger partial charge in [0.2, 0.25) is 0 Å². The summed E-state index contributed by atoms with van der Waals surface area (Å²) in [5.41, 5.74) is 1.32. The topological polar surface area (TPSA) is 15.6 Å². The fourth-order valence-electron chi connectivity index (χ4n) is 2.83. The smallest absolute Gasteiger partial charge is 0.112 e. The van der Waals surface area contributed by atoms with Crippen molar-refractivity contribution in [2.24, 2.45) is 10.9 Å². The third kappa shape index (κ3) is 8.76. The third-order valence-corrected chi connectivity index (χ3v) is 11.0. The minimum atomic E-state index is -1.18. The van der Waals surface area contributed by atoms with Crippen molar-refractivity contribution < 1.29 is 0 Å². The first-order chi connectivity index (χ1) is 8.44. The highest BCUT2D eigenvalue weighted by atomic mass is 28.4. The van der Waals surface area contributed by atoms with Crippen LogP contribution < -0.4 is 0 Å². The van der Waals surface area contributed by atoms with Crippen LogP contribution in [0.1, 0.15) is 33.6 Å². The van der Waals surface area contributed by atoms with Gasteiger partial charge in [0.25, 0.3) is 0 Å². The van der Waals surface area contributed by atoms with Crippen molar-refractivity contribution in [3.63, 3.8) is 0 Å². The molecule has 0 spiro atoms. The molecule has 0 aliphatic rings. The van der Waals surface area contributed by atoms with Crippen molar-refractivity contribution >= 4 is 22.2 Å². The van der Waals surface area contributed by atoms with E-state index in [9.17, 15) is 0 Å². The zero-order valence-corrected chi connectivity index (χ0v) is 16.8. The maximum absolute atomic E-state index is 4.72. The zero-order valence-electron chi connectivity index (χ0n) is 14.8. The minimum Gasteiger partial charge on any atom is -0.346 e. The Labute approximate surface area is 123 Å². The summed E-state index contributed by atoms with van der Waals surface area (Å²) >= 11 is 0. The van der Waals surface area contributed by atoms with Gasteiger partial charge in [-0.25, -0.2) is 0 Å². The molecule has 114 valence electrons. The average Bonchev–Trinajstić information content (AvgIpc) is 2.11. The molecule has 0 atom stereocenters. The van der Waals surface area contributed by atoms with E-state index in [-0.39, 0.29) is 0 Å². The molecule has 0 rings (SSSR count). The van der Waals surface area contributed by atoms with Crippen LogP contribution in [0.4, 0.5) is 0 Å². The van der Waals surface area contributed by atoms with Gasteiger partial charge in [-0.15, -0.1) is 0 Å². The van der Waals surface area contributed by atoms with Crippen molar-refractivity contribution in [1.29, 1.82) is 0 Å². The van der Waals surface area contributed by atoms with Gasteiger partial charge >= 0.3 is 0 Å². The highest BCUT2D eigenvalue weighted by Gasteiger charge is 2.33. The second-order valence-electron chi connectivity index (χ2n) is 8.06. The van der Waals surface area contributed by atoms with Gasteiger partial charge in [-0.3, -0.25) is 4.99 Å². The standard InChI is InChI=1S/C15H36N2Si2/c1-14(2)13-15(3)16-11-10-12-17(18(4,5)6)19(7,8)9/h14H,10-13H2,1-9H3. The summed E-state index contributed by atoms with van der Waals surface area (Å²) in [6.45, 7) is 23.8. The molecular formula is C15H36N2Si2. The summed E-state index contributed by atoms with van der Waals surface area (Å²) in [4.78, 5) is 4.72. The fraction of sp³-hybridized carbons (Fsp3) is 0.933. The maximum Gasteiger partial charge on any atom is 0.112 e. The number of rotatable bonds is 8. The molecule has 0 aliphatic carbocycles. The first kappa shape index (κ1) is 19.1. The van der Waals surface area contributed by atoms with Crippen LogP contribution in [0.3, 0.4) is 0 Å². The lowest BCUT2D eigenvalue weighted by molar-refractivity contribution is 0.585. The van der Waals surface area contributed by atoms with Crippen molar-refractivity contribution in [3.05, 3.63) is 0 Å². The van der Waals surface area contributed by atoms with Crippen molar-refractivity contribution in [1.82, 2.24) is 4.23 Å². The largest absolute Gasteiger partial charge is 0.346 e. The Morgan fingerprint density at radius 1 is 1.00 bits per heavy atom. The SMILES string of the molecule is CC(CC(C)C)=NCCCN([Si](C)(C)C)[Si](C)(C)C. The number of aliphatic imine (C=N–C) groups is 1. The molecule has 2 nitrogen and oxygen atoms in total. The van der Waals surface area contributed by atoms with E-state index in [2.05, 4.69) is 64.3 Å². The lowest BCUT2D eigenvalue weighted by Gasteiger charge is -2.43. The molecule has 0 N–H and O–H groups in total. The monoisotopic (exact) mass is 300 g/mol. The van der Waals surface area contributed by atoms with E-state index < -0.39 is 16.5 Å². The van der Waals surface area contributed by atoms with Crippen LogP contribution in [0.5, 0.6) is 0 Å². The predicted molar refractivity (Wildman–Crippen MR) is 95.4 cm³/mol. The summed E-state index contributed by atoms with van der Waals surface area (Å²) in [7, 11) is -2.36. The van der Waals surface area contributed by atoms with E-state index in [4.69, 9.17) is 4.99 Å². The summed E-state index contributed by atoms with van der Waals surface area (Å²) in [5.74, 6) is 0.726. The van der Waals surface area contributed by atoms with E-state index >= 15 is 0 Å². The summed E-state index contributed by atoms with van der Waals surface area (Å²) < 4.78 is 2.85. The van der Waals surface area contributed by atoms with Gasteiger partial charge in [-0.1, -0.05) is 53.1 Å². The van der Waals surface area contributed by atoms with Gasteiger partial charge in [0.05, 0.1) is 0 Å². The molecule has 4 heteroatoms. The molecule has 0 aromatic rings. The molecule has 0 fully saturated rings. The van der Waals surface area contributed by atoms with Crippen LogP contribution in [0.25, 0.3) is 0 Å². The van der Waals surface area contributed by atoms with Gasteiger partial charge in [-0.2, -0.15) is 0 Å². The first-order valence-corrected chi connectivity index (χ1v) is 14.6. The van der Waals surface area contributed by atoms with Crippen LogP contribution in [-0.4, -0.2) is 39.5 Å². The van der Waals surface area contributed by atoms with Crippen LogP contribution in [0.15, 0.2) is 4.99 Å². The van der Waals surface area contributed by atoms with Crippen molar-refractivity contribution in [2.45, 2.75) is 72.9 Å². The van der Waals surface area contributed by atoms with Gasteiger partial charge in [0.15, 0.2) is 0 Å². The Morgan fingerprint density at radius 3 is 1.84 bits per heavy atom. The van der Waals surface area contributed by atoms with Gasteiger partial charge in [0.1, 0.15) is 16.5 Å². The molecule has 0 unspecified atom stereocenters. The Bertz CT molecular complexity index is 272. The summed E-state index contributed by atoms with van der Waals surface area (Å²) in [6.07, 6.45) is 2.36. The van der Waals surface area contributed by atoms with Crippen LogP contribution in [0.2, 0.25) is 39.3 Å². The molecule has 0 aromatic carbocycles. The molecule has 0 aliphatic heterocycles. The normalized spacial score (nSPS) is 14.6. The Balaban J connectivity index is 4.30. The number of nitrogens with zero attached hydrogens (tertiary/aromatic N) is 2. The molecule has 0 heterocycles. The van der Waals surface area contributed by atoms with E-state index in [1.54, 1.807) is 0 Å². The summed E-state index contributed by atoms with van der Waals surface area (Å²) in [5, 5.41) is 0. The molecule has 0 aromatic heterocycles. The lowest BCUT2D eigenvalue weighted by atomic mass is 10.1. The molecule has 0 radical (unpaired) electrons. The minimum absolute atomic E-state index is 0.726. The Kier molecular flexibility index (Phi) is 7.77. The lowest BCUT2D eigenvalue weighted by Crippen LogP contribution is -2.59. The van der Waals surface area contributed by atoms with Crippen LogP contribution >= 0.6 is 0 Å². The highest BCUT2D eigenvalue weighted by Crippen LogP contribution is 2.19. The molecule has 0 saturated heterocycles. The summed E-state index contributed by atoms with van der Waals surface area (Å²) in [6, 6.07) is 0. The van der Waals surface area contributed by atoms with Crippen molar-refractivity contribution in [3.8, 4) is 0 Å². The molecular weight excluding hydrogens is 264 g/mol. The quantitative estimate of drug-likeness (QED) is 0.355. The van der Waals surface area contributed by atoms with Gasteiger partial charge < -0.3 is 4.23 Å². The van der Waals surface area contributed by atoms with Gasteiger partial charge in [-0.05, 0) is 32.2 Å². The third-order valence-electron chi connectivity index (χ3n) is 3.24. The van der Waals surface area contributed by atoms with Crippen molar-refractivity contribution in [2.75, 3.05) is 13.1 Å². The second kappa shape index (κ2) is 7.74. The van der Waals surface area contributed by atoms with Crippen LogP contribution in [-0.2, 0) is 0 Å². The van der Waals surface area contributed by atoms with E-state index in [1.165, 1.54) is 18.7 Å². The highest BCUT2D eigenvalue weighted by molar-refractivity contribution is 6.89. The van der Waals surface area contributed by atoms with E-state index in [1.807, 2.05) is 0 Å². The second-order valence-corrected chi connectivity index (χ2v) is 18.3. The maximum atomic E-state index is 4.72. The van der Waals surface area contributed by atoms with Crippen LogP contribution in [0, 0.1) is 5.92 Å².